The van der Waals surface area contributed by atoms with E-state index in [4.69, 9.17) is 0 Å². The van der Waals surface area contributed by atoms with Gasteiger partial charge in [-0.05, 0) is 42.2 Å². The van der Waals surface area contributed by atoms with E-state index in [-0.39, 0.29) is 22.0 Å². The van der Waals surface area contributed by atoms with Crippen LogP contribution in [0.15, 0.2) is 53.5 Å². The number of aromatic hydroxyl groups is 1. The Labute approximate surface area is 181 Å². The molecular weight excluding hydrogens is 430 g/mol. The molecule has 172 valence electrons. The quantitative estimate of drug-likeness (QED) is 0.493. The molecule has 0 aliphatic heterocycles. The largest absolute Gasteiger partial charge is 0.508 e. The molecule has 0 bridgehead atoms. The van der Waals surface area contributed by atoms with Crippen LogP contribution in [0.1, 0.15) is 31.4 Å². The van der Waals surface area contributed by atoms with E-state index in [1.807, 2.05) is 0 Å². The molecule has 1 aromatic heterocycles. The maximum atomic E-state index is 14.2. The summed E-state index contributed by atoms with van der Waals surface area (Å²) in [6.45, 7) is 1.06. The zero-order chi connectivity index (χ0) is 23.9. The van der Waals surface area contributed by atoms with E-state index in [2.05, 4.69) is 0 Å². The predicted octanol–water partition coefficient (Wildman–Crippen LogP) is 4.00. The number of para-hydroxylation sites is 1. The van der Waals surface area contributed by atoms with Gasteiger partial charge in [-0.2, -0.15) is 13.2 Å². The standard InChI is InChI=1S/C23H23F4NO4/c1-21(2,17-9-15(24)7-8-19(17)30)12-22(32,23(25,26)27)13-28-10-14(11-29)20(31)16-5-3-4-6-18(16)28/h3-10,29-30,32H,11-13H2,1-2H3. The van der Waals surface area contributed by atoms with E-state index in [1.54, 1.807) is 6.07 Å². The van der Waals surface area contributed by atoms with E-state index >= 15 is 0 Å². The van der Waals surface area contributed by atoms with Crippen LogP contribution >= 0.6 is 0 Å². The number of aliphatic hydroxyl groups excluding tert-OH is 1. The van der Waals surface area contributed by atoms with Crippen molar-refractivity contribution in [2.75, 3.05) is 0 Å². The highest BCUT2D eigenvalue weighted by atomic mass is 19.4. The fraction of sp³-hybridized carbons (Fsp3) is 0.348. The molecule has 1 unspecified atom stereocenters. The molecule has 3 rings (SSSR count). The molecule has 5 nitrogen and oxygen atoms in total. The fourth-order valence-electron chi connectivity index (χ4n) is 4.05. The van der Waals surface area contributed by atoms with Crippen molar-refractivity contribution in [3.05, 3.63) is 75.8 Å². The number of alkyl halides is 3. The van der Waals surface area contributed by atoms with Crippen LogP contribution in [0, 0.1) is 5.82 Å². The first-order valence-electron chi connectivity index (χ1n) is 9.79. The Morgan fingerprint density at radius 1 is 1.06 bits per heavy atom. The van der Waals surface area contributed by atoms with Crippen LogP contribution in [0.2, 0.25) is 0 Å². The summed E-state index contributed by atoms with van der Waals surface area (Å²) in [6.07, 6.45) is -4.92. The first-order chi connectivity index (χ1) is 14.8. The van der Waals surface area contributed by atoms with Crippen LogP contribution in [-0.2, 0) is 18.6 Å². The maximum Gasteiger partial charge on any atom is 0.418 e. The summed E-state index contributed by atoms with van der Waals surface area (Å²) < 4.78 is 57.3. The van der Waals surface area contributed by atoms with Gasteiger partial charge in [0.05, 0.1) is 18.7 Å². The van der Waals surface area contributed by atoms with Crippen molar-refractivity contribution in [2.24, 2.45) is 0 Å². The number of aliphatic hydroxyl groups is 2. The molecule has 0 amide bonds. The van der Waals surface area contributed by atoms with Crippen molar-refractivity contribution in [1.82, 2.24) is 4.57 Å². The minimum atomic E-state index is -5.10. The van der Waals surface area contributed by atoms with Crippen LogP contribution in [0.5, 0.6) is 5.75 Å². The molecule has 0 radical (unpaired) electrons. The highest BCUT2D eigenvalue weighted by Gasteiger charge is 2.56. The number of rotatable bonds is 6. The highest BCUT2D eigenvalue weighted by Crippen LogP contribution is 2.44. The van der Waals surface area contributed by atoms with Crippen molar-refractivity contribution in [3.8, 4) is 5.75 Å². The number of benzene rings is 2. The smallest absolute Gasteiger partial charge is 0.418 e. The zero-order valence-corrected chi connectivity index (χ0v) is 17.4. The number of hydrogen-bond donors (Lipinski definition) is 3. The molecule has 0 aliphatic rings. The fourth-order valence-corrected chi connectivity index (χ4v) is 4.05. The Balaban J connectivity index is 2.13. The number of pyridine rings is 1. The Kier molecular flexibility index (Phi) is 6.10. The number of phenols is 1. The minimum Gasteiger partial charge on any atom is -0.508 e. The van der Waals surface area contributed by atoms with Crippen LogP contribution < -0.4 is 5.43 Å². The number of hydrogen-bond acceptors (Lipinski definition) is 4. The van der Waals surface area contributed by atoms with E-state index in [0.717, 1.165) is 29.0 Å². The normalized spacial score (nSPS) is 14.5. The molecule has 9 heteroatoms. The van der Waals surface area contributed by atoms with Gasteiger partial charge in [0.2, 0.25) is 0 Å². The second kappa shape index (κ2) is 8.22. The predicted molar refractivity (Wildman–Crippen MR) is 111 cm³/mol. The summed E-state index contributed by atoms with van der Waals surface area (Å²) >= 11 is 0. The van der Waals surface area contributed by atoms with Gasteiger partial charge in [0, 0.05) is 22.7 Å². The van der Waals surface area contributed by atoms with Gasteiger partial charge in [-0.15, -0.1) is 0 Å². The number of halogens is 4. The van der Waals surface area contributed by atoms with E-state index in [0.29, 0.717) is 0 Å². The lowest BCUT2D eigenvalue weighted by Crippen LogP contribution is -2.52. The van der Waals surface area contributed by atoms with E-state index in [9.17, 15) is 37.7 Å². The Morgan fingerprint density at radius 2 is 1.72 bits per heavy atom. The van der Waals surface area contributed by atoms with Crippen LogP contribution in [0.25, 0.3) is 10.9 Å². The number of aromatic nitrogens is 1. The molecule has 1 atom stereocenters. The molecule has 2 aromatic carbocycles. The second-order valence-electron chi connectivity index (χ2n) is 8.54. The maximum absolute atomic E-state index is 14.2. The summed E-state index contributed by atoms with van der Waals surface area (Å²) in [6, 6.07) is 8.91. The molecule has 1 heterocycles. The van der Waals surface area contributed by atoms with Crippen molar-refractivity contribution in [1.29, 1.82) is 0 Å². The number of fused-ring (bicyclic) bond motifs is 1. The summed E-state index contributed by atoms with van der Waals surface area (Å²) in [5.41, 5.74) is -5.34. The number of nitrogens with zero attached hydrogens (tertiary/aromatic N) is 1. The van der Waals surface area contributed by atoms with Crippen molar-refractivity contribution in [3.63, 3.8) is 0 Å². The lowest BCUT2D eigenvalue weighted by atomic mass is 9.74. The van der Waals surface area contributed by atoms with Crippen LogP contribution in [0.4, 0.5) is 17.6 Å². The lowest BCUT2D eigenvalue weighted by Gasteiger charge is -2.38. The second-order valence-corrected chi connectivity index (χ2v) is 8.54. The third-order valence-electron chi connectivity index (χ3n) is 5.61. The average Bonchev–Trinajstić information content (AvgIpc) is 2.70. The van der Waals surface area contributed by atoms with Crippen LogP contribution in [-0.4, -0.2) is 31.7 Å². The summed E-state index contributed by atoms with van der Waals surface area (Å²) in [5.74, 6) is -1.13. The van der Waals surface area contributed by atoms with E-state index in [1.165, 1.54) is 32.0 Å². The van der Waals surface area contributed by atoms with E-state index < -0.39 is 53.8 Å². The molecule has 3 N–H and O–H groups in total. The van der Waals surface area contributed by atoms with Crippen LogP contribution in [0.3, 0.4) is 0 Å². The molecule has 0 saturated carbocycles. The van der Waals surface area contributed by atoms with Crippen molar-refractivity contribution >= 4 is 10.9 Å². The van der Waals surface area contributed by atoms with Gasteiger partial charge < -0.3 is 19.9 Å². The lowest BCUT2D eigenvalue weighted by molar-refractivity contribution is -0.271. The molecule has 0 aliphatic carbocycles. The molecular formula is C23H23F4NO4. The molecule has 0 fully saturated rings. The van der Waals surface area contributed by atoms with Gasteiger partial charge >= 0.3 is 6.18 Å². The van der Waals surface area contributed by atoms with Gasteiger partial charge in [0.1, 0.15) is 11.6 Å². The minimum absolute atomic E-state index is 0.0824. The van der Waals surface area contributed by atoms with Gasteiger partial charge in [0.15, 0.2) is 11.0 Å². The van der Waals surface area contributed by atoms with Crippen molar-refractivity contribution in [2.45, 2.75) is 50.6 Å². The summed E-state index contributed by atoms with van der Waals surface area (Å²) in [4.78, 5) is 12.4. The first-order valence-corrected chi connectivity index (χ1v) is 9.79. The molecule has 32 heavy (non-hydrogen) atoms. The Morgan fingerprint density at radius 3 is 2.34 bits per heavy atom. The SMILES string of the molecule is CC(C)(CC(O)(Cn1cc(CO)c(=O)c2ccccc21)C(F)(F)F)c1cc(F)ccc1O. The zero-order valence-electron chi connectivity index (χ0n) is 17.4. The molecule has 3 aromatic rings. The van der Waals surface area contributed by atoms with Gasteiger partial charge in [-0.1, -0.05) is 26.0 Å². The third-order valence-corrected chi connectivity index (χ3v) is 5.61. The van der Waals surface area contributed by atoms with Crippen molar-refractivity contribution < 1.29 is 32.9 Å². The summed E-state index contributed by atoms with van der Waals surface area (Å²) in [7, 11) is 0. The third kappa shape index (κ3) is 4.35. The number of phenolic OH excluding ortho intramolecular Hbond substituents is 1. The van der Waals surface area contributed by atoms with Gasteiger partial charge in [-0.25, -0.2) is 4.39 Å². The first kappa shape index (κ1) is 23.7. The average molecular weight is 453 g/mol. The Hall–Kier alpha value is -2.91. The Bertz CT molecular complexity index is 1200. The highest BCUT2D eigenvalue weighted by molar-refractivity contribution is 5.79. The molecule has 0 saturated heterocycles. The molecule has 0 spiro atoms. The summed E-state index contributed by atoms with van der Waals surface area (Å²) in [5, 5.41) is 30.6. The van der Waals surface area contributed by atoms with Gasteiger partial charge in [-0.3, -0.25) is 4.79 Å². The monoisotopic (exact) mass is 453 g/mol. The van der Waals surface area contributed by atoms with Gasteiger partial charge in [0.25, 0.3) is 0 Å². The topological polar surface area (TPSA) is 82.7 Å².